The molecule has 22 nitrogen and oxygen atoms in total. The molecule has 9 heterocycles. The number of carbonyl (C=O) groups is 3. The first-order valence-corrected chi connectivity index (χ1v) is 21.9. The Hall–Kier alpha value is -10.5. The Bertz CT molecular complexity index is 3980. The molecule has 12 aromatic rings. The minimum absolute atomic E-state index is 0.0106. The van der Waals surface area contributed by atoms with Crippen LogP contribution in [0.4, 0.5) is 22.7 Å². The van der Waals surface area contributed by atoms with Crippen LogP contribution in [-0.2, 0) is 0 Å². The number of hydrogen-bond acceptors (Lipinski definition) is 16. The maximum atomic E-state index is 12.5. The topological polar surface area (TPSA) is 335 Å². The molecule has 0 bridgehead atoms. The first-order valence-electron chi connectivity index (χ1n) is 21.9. The van der Waals surface area contributed by atoms with Gasteiger partial charge in [0.05, 0.1) is 64.3 Å². The Labute approximate surface area is 406 Å². The molecule has 0 fully saturated rings. The minimum atomic E-state index is -0.691. The van der Waals surface area contributed by atoms with Crippen molar-refractivity contribution in [3.8, 4) is 22.3 Å². The van der Waals surface area contributed by atoms with Gasteiger partial charge in [-0.25, -0.2) is 9.97 Å². The van der Waals surface area contributed by atoms with Crippen molar-refractivity contribution in [1.29, 1.82) is 0 Å². The third-order valence-corrected chi connectivity index (χ3v) is 11.9. The van der Waals surface area contributed by atoms with E-state index < -0.39 is 17.7 Å². The lowest BCUT2D eigenvalue weighted by molar-refractivity contribution is 0.0987. The number of primary amides is 2. The van der Waals surface area contributed by atoms with Gasteiger partial charge in [0.1, 0.15) is 17.4 Å². The van der Waals surface area contributed by atoms with Crippen LogP contribution in [0.2, 0.25) is 0 Å². The van der Waals surface area contributed by atoms with Crippen molar-refractivity contribution in [1.82, 2.24) is 64.0 Å². The summed E-state index contributed by atoms with van der Waals surface area (Å²) in [7, 11) is 0. The van der Waals surface area contributed by atoms with E-state index in [1.54, 1.807) is 54.1 Å². The van der Waals surface area contributed by atoms with Crippen LogP contribution in [0.5, 0.6) is 0 Å². The summed E-state index contributed by atoms with van der Waals surface area (Å²) in [6, 6.07) is 24.7. The number of imidazole rings is 2. The second-order valence-electron chi connectivity index (χ2n) is 16.7. The van der Waals surface area contributed by atoms with Gasteiger partial charge >= 0.3 is 0 Å². The molecule has 11 N–H and O–H groups in total. The molecule has 3 aromatic carbocycles. The fraction of sp³-hybridized carbons (Fsp3) is 0.0600. The number of pyridine rings is 3. The van der Waals surface area contributed by atoms with Crippen LogP contribution in [-0.4, -0.2) is 81.7 Å². The number of nitrogen functional groups attached to an aromatic ring is 3. The number of rotatable bonds is 6. The fourth-order valence-electron chi connectivity index (χ4n) is 8.32. The maximum absolute atomic E-state index is 12.5. The highest BCUT2D eigenvalue weighted by Gasteiger charge is 2.20. The average molecular weight is 956 g/mol. The number of aromatic nitrogens is 13. The van der Waals surface area contributed by atoms with Crippen LogP contribution >= 0.6 is 0 Å². The van der Waals surface area contributed by atoms with Gasteiger partial charge in [-0.3, -0.25) is 18.8 Å². The number of amides is 3. The van der Waals surface area contributed by atoms with Gasteiger partial charge in [-0.1, -0.05) is 42.5 Å². The summed E-state index contributed by atoms with van der Waals surface area (Å²) >= 11 is 0. The van der Waals surface area contributed by atoms with Gasteiger partial charge in [0.2, 0.25) is 0 Å². The largest absolute Gasteiger partial charge is 0.396 e. The van der Waals surface area contributed by atoms with Gasteiger partial charge in [0.25, 0.3) is 17.7 Å². The first kappa shape index (κ1) is 45.3. The second-order valence-corrected chi connectivity index (χ2v) is 16.7. The van der Waals surface area contributed by atoms with Crippen LogP contribution in [0.25, 0.3) is 71.6 Å². The van der Waals surface area contributed by atoms with Crippen molar-refractivity contribution in [2.24, 2.45) is 11.5 Å². The molecule has 3 amide bonds. The molecule has 0 aliphatic carbocycles. The molecule has 0 spiro atoms. The van der Waals surface area contributed by atoms with Gasteiger partial charge in [-0.05, 0) is 79.4 Å². The molecule has 12 rings (SSSR count). The van der Waals surface area contributed by atoms with Crippen molar-refractivity contribution in [2.45, 2.75) is 20.8 Å². The molecule has 22 heteroatoms. The number of nitrogens with one attached hydrogen (secondary N) is 1. The van der Waals surface area contributed by atoms with Crippen LogP contribution in [0, 0.1) is 20.8 Å². The summed E-state index contributed by atoms with van der Waals surface area (Å²) < 4.78 is 5.56. The lowest BCUT2D eigenvalue weighted by Gasteiger charge is -2.12. The molecular formula is C50H41N19O3. The smallest absolute Gasteiger partial charge is 0.278 e. The number of benzene rings is 3. The Morgan fingerprint density at radius 2 is 1.14 bits per heavy atom. The number of hydrogen-bond donors (Lipinski definition) is 6. The third-order valence-electron chi connectivity index (χ3n) is 11.9. The molecule has 0 aliphatic rings. The normalized spacial score (nSPS) is 11.2. The zero-order chi connectivity index (χ0) is 50.4. The van der Waals surface area contributed by atoms with Gasteiger partial charge in [-0.15, -0.1) is 40.8 Å². The van der Waals surface area contributed by atoms with Crippen molar-refractivity contribution >= 4 is 89.9 Å². The lowest BCUT2D eigenvalue weighted by atomic mass is 9.97. The quantitative estimate of drug-likeness (QED) is 0.117. The van der Waals surface area contributed by atoms with E-state index in [0.29, 0.717) is 49.7 Å². The first-order chi connectivity index (χ1) is 34.7. The minimum Gasteiger partial charge on any atom is -0.396 e. The highest BCUT2D eigenvalue weighted by Crippen LogP contribution is 2.35. The number of nitrogens with two attached hydrogens (primary N) is 5. The number of carbonyl (C=O) groups excluding carboxylic acids is 3. The summed E-state index contributed by atoms with van der Waals surface area (Å²) in [5.41, 5.74) is 41.8. The highest BCUT2D eigenvalue weighted by molar-refractivity contribution is 6.11. The second kappa shape index (κ2) is 18.2. The molecule has 354 valence electrons. The van der Waals surface area contributed by atoms with Crippen molar-refractivity contribution in [3.05, 3.63) is 163 Å². The summed E-state index contributed by atoms with van der Waals surface area (Å²) in [5, 5.41) is 36.8. The van der Waals surface area contributed by atoms with E-state index in [0.717, 1.165) is 50.0 Å². The monoisotopic (exact) mass is 955 g/mol. The Kier molecular flexibility index (Phi) is 11.4. The Balaban J connectivity index is 0.000000124. The van der Waals surface area contributed by atoms with Gasteiger partial charge in [-0.2, -0.15) is 0 Å². The zero-order valence-corrected chi connectivity index (χ0v) is 38.5. The standard InChI is InChI=1S/2C17H14N6O.C16H13N7O/c1-9-2-5-12-14(18)16(17(19)24)22-21-15(12)13(9)10-3-4-11-6-20-8-23(11)7-10;1-9-2-3-12-14(18)16(17(19)24)22-21-15(12)13(9)10-4-5-23-8-20-7-11(23)6-10;1-9-2-4-11-12(6-9)20-22-15(14(11)17)16(24)19-10-3-5-13-21-18-8-23(13)7-10/h2*2-8H,1H3,(H2,18,21)(H2,19,24);2-8H,1H3,(H2,17,20)(H,19,24). The van der Waals surface area contributed by atoms with Crippen molar-refractivity contribution in [2.75, 3.05) is 22.5 Å². The van der Waals surface area contributed by atoms with Crippen LogP contribution in [0.1, 0.15) is 48.2 Å². The molecular weight excluding hydrogens is 915 g/mol. The van der Waals surface area contributed by atoms with Crippen molar-refractivity contribution < 1.29 is 14.4 Å². The predicted octanol–water partition coefficient (Wildman–Crippen LogP) is 5.68. The summed E-state index contributed by atoms with van der Waals surface area (Å²) in [6.45, 7) is 5.95. The highest BCUT2D eigenvalue weighted by atomic mass is 16.2. The molecule has 0 atom stereocenters. The number of aryl methyl sites for hydroxylation is 3. The van der Waals surface area contributed by atoms with E-state index >= 15 is 0 Å². The SMILES string of the molecule is Cc1ccc2c(N)c(C(=O)Nc3ccc4nncn4c3)nnc2c1.Cc1ccc2c(N)c(C(N)=O)nnc2c1-c1ccc2cncn2c1.Cc1ccc2c(N)c(C(N)=O)nnc2c1-c1ccn2cncc2c1. The Morgan fingerprint density at radius 1 is 0.528 bits per heavy atom. The lowest BCUT2D eigenvalue weighted by Crippen LogP contribution is -2.17. The molecule has 0 saturated heterocycles. The van der Waals surface area contributed by atoms with E-state index in [4.69, 9.17) is 28.7 Å². The van der Waals surface area contributed by atoms with Crippen LogP contribution in [0.3, 0.4) is 0 Å². The summed E-state index contributed by atoms with van der Waals surface area (Å²) in [5.74, 6) is -1.80. The molecule has 0 aliphatic heterocycles. The van der Waals surface area contributed by atoms with Gasteiger partial charge < -0.3 is 42.8 Å². The van der Waals surface area contributed by atoms with E-state index in [-0.39, 0.29) is 28.5 Å². The fourth-order valence-corrected chi connectivity index (χ4v) is 8.32. The van der Waals surface area contributed by atoms with E-state index in [9.17, 15) is 14.4 Å². The molecule has 0 radical (unpaired) electrons. The van der Waals surface area contributed by atoms with E-state index in [2.05, 4.69) is 56.1 Å². The number of fused-ring (bicyclic) bond motifs is 6. The van der Waals surface area contributed by atoms with E-state index in [1.165, 1.54) is 0 Å². The third kappa shape index (κ3) is 8.31. The number of anilines is 4. The van der Waals surface area contributed by atoms with Gasteiger partial charge in [0.15, 0.2) is 22.7 Å². The molecule has 72 heavy (non-hydrogen) atoms. The van der Waals surface area contributed by atoms with Crippen molar-refractivity contribution in [3.63, 3.8) is 0 Å². The van der Waals surface area contributed by atoms with E-state index in [1.807, 2.05) is 109 Å². The Morgan fingerprint density at radius 3 is 1.82 bits per heavy atom. The predicted molar refractivity (Wildman–Crippen MR) is 272 cm³/mol. The summed E-state index contributed by atoms with van der Waals surface area (Å²) in [6.07, 6.45) is 14.2. The number of nitrogens with zero attached hydrogens (tertiary/aromatic N) is 13. The molecule has 0 unspecified atom stereocenters. The maximum Gasteiger partial charge on any atom is 0.278 e. The van der Waals surface area contributed by atoms with Gasteiger partial charge in [0, 0.05) is 51.4 Å². The van der Waals surface area contributed by atoms with Crippen LogP contribution in [0.15, 0.2) is 129 Å². The average Bonchev–Trinajstić information content (AvgIpc) is 4.16. The summed E-state index contributed by atoms with van der Waals surface area (Å²) in [4.78, 5) is 43.6. The molecule has 0 saturated carbocycles. The zero-order valence-electron chi connectivity index (χ0n) is 38.5. The van der Waals surface area contributed by atoms with Crippen LogP contribution < -0.4 is 34.0 Å². The molecule has 9 aromatic heterocycles.